The van der Waals surface area contributed by atoms with E-state index < -0.39 is 0 Å². The van der Waals surface area contributed by atoms with E-state index in [0.29, 0.717) is 0 Å². The minimum absolute atomic E-state index is 1.03. The summed E-state index contributed by atoms with van der Waals surface area (Å²) >= 11 is 0. The average Bonchev–Trinajstić information content (AvgIpc) is 2.56. The van der Waals surface area contributed by atoms with Crippen LogP contribution in [-0.2, 0) is 0 Å². The second kappa shape index (κ2) is 14.6. The van der Waals surface area contributed by atoms with E-state index in [-0.39, 0.29) is 0 Å². The lowest BCUT2D eigenvalue weighted by Gasteiger charge is -2.01. The van der Waals surface area contributed by atoms with Gasteiger partial charge in [0, 0.05) is 18.6 Å². The number of hydrogen-bond acceptors (Lipinski definition) is 0. The van der Waals surface area contributed by atoms with Crippen molar-refractivity contribution in [2.24, 2.45) is 0 Å². The van der Waals surface area contributed by atoms with Crippen molar-refractivity contribution in [2.45, 2.75) is 90.4 Å². The number of rotatable bonds is 12. The van der Waals surface area contributed by atoms with Crippen LogP contribution in [0, 0.1) is 12.0 Å². The number of hydrogen-bond donors (Lipinski definition) is 0. The fraction of sp³-hybridized carbons (Fsp3) is 0.667. The molecule has 0 radical (unpaired) electrons. The average molecular weight is 301 g/mol. The van der Waals surface area contributed by atoms with Crippen molar-refractivity contribution >= 4 is 0 Å². The van der Waals surface area contributed by atoms with E-state index in [0.717, 1.165) is 6.42 Å². The van der Waals surface area contributed by atoms with Gasteiger partial charge in [0.2, 0.25) is 6.04 Å². The largest absolute Gasteiger partial charge is 0.228 e. The lowest BCUT2D eigenvalue weighted by atomic mass is 10.0. The van der Waals surface area contributed by atoms with Crippen molar-refractivity contribution < 1.29 is 4.57 Å². The van der Waals surface area contributed by atoms with Crippen molar-refractivity contribution in [2.75, 3.05) is 0 Å². The van der Waals surface area contributed by atoms with Crippen LogP contribution in [0.25, 0.3) is 0 Å². The van der Waals surface area contributed by atoms with Gasteiger partial charge >= 0.3 is 0 Å². The van der Waals surface area contributed by atoms with Gasteiger partial charge in [-0.1, -0.05) is 83.6 Å². The number of nitrogens with zero attached hydrogens (tertiary/aromatic N) is 1. The topological polar surface area (TPSA) is 3.88 Å². The first kappa shape index (κ1) is 18.8. The normalized spacial score (nSPS) is 10.2. The van der Waals surface area contributed by atoms with E-state index in [1.165, 1.54) is 77.0 Å². The minimum Gasteiger partial charge on any atom is -0.119 e. The van der Waals surface area contributed by atoms with Gasteiger partial charge in [-0.05, 0) is 12.3 Å². The second-order valence-electron chi connectivity index (χ2n) is 6.21. The number of aromatic nitrogens is 1. The summed E-state index contributed by atoms with van der Waals surface area (Å²) < 4.78 is 1.93. The van der Waals surface area contributed by atoms with Gasteiger partial charge in [0.25, 0.3) is 0 Å². The van der Waals surface area contributed by atoms with Gasteiger partial charge in [-0.3, -0.25) is 0 Å². The molecule has 0 amide bonds. The first-order chi connectivity index (χ1) is 10.9. The Hall–Kier alpha value is -1.29. The van der Waals surface area contributed by atoms with Gasteiger partial charge in [-0.2, -0.15) is 0 Å². The summed E-state index contributed by atoms with van der Waals surface area (Å²) in [6.07, 6.45) is 21.8. The van der Waals surface area contributed by atoms with Crippen molar-refractivity contribution in [1.82, 2.24) is 0 Å². The van der Waals surface area contributed by atoms with Crippen LogP contribution < -0.4 is 4.57 Å². The zero-order valence-electron chi connectivity index (χ0n) is 14.5. The van der Waals surface area contributed by atoms with Crippen LogP contribution in [-0.4, -0.2) is 0 Å². The summed E-state index contributed by atoms with van der Waals surface area (Å²) in [4.78, 5) is 0. The van der Waals surface area contributed by atoms with Crippen LogP contribution >= 0.6 is 0 Å². The van der Waals surface area contributed by atoms with Crippen molar-refractivity contribution in [3.63, 3.8) is 0 Å². The Morgan fingerprint density at radius 2 is 1.14 bits per heavy atom. The lowest BCUT2D eigenvalue weighted by molar-refractivity contribution is -0.583. The van der Waals surface area contributed by atoms with Crippen LogP contribution in [0.4, 0.5) is 0 Å². The molecule has 0 aliphatic rings. The second-order valence-corrected chi connectivity index (χ2v) is 6.21. The summed E-state index contributed by atoms with van der Waals surface area (Å²) in [7, 11) is 0. The van der Waals surface area contributed by atoms with Gasteiger partial charge in [-0.25, -0.2) is 0 Å². The fourth-order valence-corrected chi connectivity index (χ4v) is 2.67. The van der Waals surface area contributed by atoms with Gasteiger partial charge in [-0.15, -0.1) is 4.57 Å². The summed E-state index contributed by atoms with van der Waals surface area (Å²) in [6, 6.07) is 9.19. The Balaban J connectivity index is 1.81. The molecule has 1 rings (SSSR count). The van der Waals surface area contributed by atoms with Crippen LogP contribution in [0.1, 0.15) is 90.4 Å². The molecule has 22 heavy (non-hydrogen) atoms. The Bertz CT molecular complexity index is 399. The lowest BCUT2D eigenvalue weighted by Crippen LogP contribution is -2.25. The Morgan fingerprint density at radius 1 is 0.636 bits per heavy atom. The van der Waals surface area contributed by atoms with E-state index >= 15 is 0 Å². The molecule has 0 bridgehead atoms. The van der Waals surface area contributed by atoms with E-state index in [9.17, 15) is 0 Å². The Morgan fingerprint density at radius 3 is 1.68 bits per heavy atom. The van der Waals surface area contributed by atoms with Crippen LogP contribution in [0.3, 0.4) is 0 Å². The monoisotopic (exact) mass is 300 g/mol. The van der Waals surface area contributed by atoms with Crippen LogP contribution in [0.2, 0.25) is 0 Å². The smallest absolute Gasteiger partial charge is 0.119 e. The van der Waals surface area contributed by atoms with Crippen LogP contribution in [0.15, 0.2) is 30.6 Å². The molecule has 1 heterocycles. The van der Waals surface area contributed by atoms with E-state index in [2.05, 4.69) is 18.9 Å². The van der Waals surface area contributed by atoms with Crippen molar-refractivity contribution in [1.29, 1.82) is 0 Å². The highest BCUT2D eigenvalue weighted by Gasteiger charge is 1.93. The van der Waals surface area contributed by atoms with E-state index in [1.54, 1.807) is 0 Å². The molecule has 1 aromatic heterocycles. The predicted octanol–water partition coefficient (Wildman–Crippen LogP) is 5.87. The molecule has 0 saturated heterocycles. The van der Waals surface area contributed by atoms with Gasteiger partial charge in [0.1, 0.15) is 0 Å². The highest BCUT2D eigenvalue weighted by atomic mass is 14.9. The van der Waals surface area contributed by atoms with Gasteiger partial charge in [0.05, 0.1) is 0 Å². The maximum absolute atomic E-state index is 3.25. The Kier molecular flexibility index (Phi) is 12.5. The quantitative estimate of drug-likeness (QED) is 0.258. The van der Waals surface area contributed by atoms with Crippen molar-refractivity contribution in [3.8, 4) is 12.0 Å². The molecule has 0 aliphatic carbocycles. The predicted molar refractivity (Wildman–Crippen MR) is 95.5 cm³/mol. The molecule has 1 nitrogen and oxygen atoms in total. The van der Waals surface area contributed by atoms with Gasteiger partial charge in [0.15, 0.2) is 12.4 Å². The minimum atomic E-state index is 1.03. The third-order valence-corrected chi connectivity index (χ3v) is 4.08. The molecule has 0 unspecified atom stereocenters. The summed E-state index contributed by atoms with van der Waals surface area (Å²) in [5.41, 5.74) is 0. The molecular formula is C21H34N+. The SMILES string of the molecule is CCCCCCCCCCCCCCC#C[n+]1ccccc1. The molecule has 122 valence electrons. The molecule has 0 saturated carbocycles. The molecular weight excluding hydrogens is 266 g/mol. The third kappa shape index (κ3) is 11.4. The zero-order valence-corrected chi connectivity index (χ0v) is 14.5. The first-order valence-corrected chi connectivity index (χ1v) is 9.38. The van der Waals surface area contributed by atoms with Crippen LogP contribution in [0.5, 0.6) is 0 Å². The molecule has 0 aromatic carbocycles. The zero-order chi connectivity index (χ0) is 15.7. The first-order valence-electron chi connectivity index (χ1n) is 9.38. The molecule has 0 atom stereocenters. The molecule has 0 aliphatic heterocycles. The highest BCUT2D eigenvalue weighted by Crippen LogP contribution is 2.12. The maximum Gasteiger partial charge on any atom is 0.228 e. The van der Waals surface area contributed by atoms with E-state index in [4.69, 9.17) is 0 Å². The molecule has 0 fully saturated rings. The summed E-state index contributed by atoms with van der Waals surface area (Å²) in [5, 5.41) is 0. The van der Waals surface area contributed by atoms with Crippen molar-refractivity contribution in [3.05, 3.63) is 30.6 Å². The molecule has 0 N–H and O–H groups in total. The Labute approximate surface area is 138 Å². The molecule has 0 spiro atoms. The number of unbranched alkanes of at least 4 members (excludes halogenated alkanes) is 12. The third-order valence-electron chi connectivity index (χ3n) is 4.08. The standard InChI is InChI=1S/C21H34N/c1-2-3-4-5-6-7-8-9-10-11-12-13-14-16-19-22-20-17-15-18-21-22/h15,17-18,20-21H,2-14H2,1H3/q+1. The maximum atomic E-state index is 3.25. The summed E-state index contributed by atoms with van der Waals surface area (Å²) in [5.74, 6) is 3.25. The molecule has 1 heteroatoms. The fourth-order valence-electron chi connectivity index (χ4n) is 2.67. The highest BCUT2D eigenvalue weighted by molar-refractivity contribution is 4.92. The summed E-state index contributed by atoms with van der Waals surface area (Å²) in [6.45, 7) is 2.28. The number of pyridine rings is 1. The van der Waals surface area contributed by atoms with Gasteiger partial charge < -0.3 is 0 Å². The molecule has 1 aromatic rings. The van der Waals surface area contributed by atoms with E-state index in [1.807, 2.05) is 35.2 Å².